The molecule has 0 unspecified atom stereocenters. The number of rotatable bonds is 5. The highest BCUT2D eigenvalue weighted by molar-refractivity contribution is 5.85. The molecule has 0 aliphatic carbocycles. The molecule has 0 saturated heterocycles. The maximum atomic E-state index is 8.85. The lowest BCUT2D eigenvalue weighted by Crippen LogP contribution is -2.35. The molecule has 92 valence electrons. The van der Waals surface area contributed by atoms with Gasteiger partial charge in [0, 0.05) is 17.9 Å². The van der Waals surface area contributed by atoms with Crippen molar-refractivity contribution in [2.75, 3.05) is 24.7 Å². The van der Waals surface area contributed by atoms with Gasteiger partial charge in [0.2, 0.25) is 0 Å². The van der Waals surface area contributed by atoms with E-state index in [0.717, 1.165) is 5.56 Å². The zero-order chi connectivity index (χ0) is 11.3. The van der Waals surface area contributed by atoms with Crippen molar-refractivity contribution in [3.8, 4) is 0 Å². The van der Waals surface area contributed by atoms with Crippen molar-refractivity contribution >= 4 is 23.8 Å². The van der Waals surface area contributed by atoms with E-state index < -0.39 is 0 Å². The smallest absolute Gasteiger partial charge is 0.0607 e. The van der Waals surface area contributed by atoms with Crippen LogP contribution in [0.2, 0.25) is 0 Å². The predicted octanol–water partition coefficient (Wildman–Crippen LogP) is -0.284. The zero-order valence-corrected chi connectivity index (χ0v) is 9.70. The quantitative estimate of drug-likeness (QED) is 0.460. The highest BCUT2D eigenvalue weighted by Crippen LogP contribution is 2.15. The molecule has 5 nitrogen and oxygen atoms in total. The molecule has 0 aliphatic heterocycles. The van der Waals surface area contributed by atoms with Gasteiger partial charge in [0.25, 0.3) is 0 Å². The highest BCUT2D eigenvalue weighted by atomic mass is 35.5. The fourth-order valence-electron chi connectivity index (χ4n) is 1.22. The average Bonchev–Trinajstić information content (AvgIpc) is 2.24. The second kappa shape index (κ2) is 7.29. The molecule has 6 heteroatoms. The van der Waals surface area contributed by atoms with Gasteiger partial charge in [0.05, 0.1) is 19.3 Å². The van der Waals surface area contributed by atoms with E-state index in [1.807, 2.05) is 0 Å². The maximum Gasteiger partial charge on any atom is 0.0607 e. The number of nitrogens with two attached hydrogens (primary N) is 2. The van der Waals surface area contributed by atoms with Gasteiger partial charge >= 0.3 is 0 Å². The fourth-order valence-corrected chi connectivity index (χ4v) is 1.22. The van der Waals surface area contributed by atoms with E-state index >= 15 is 0 Å². The van der Waals surface area contributed by atoms with Crippen LogP contribution < -0.4 is 16.8 Å². The second-order valence-corrected chi connectivity index (χ2v) is 3.40. The number of nitrogens with one attached hydrogen (secondary N) is 1. The predicted molar refractivity (Wildman–Crippen MR) is 67.3 cm³/mol. The minimum Gasteiger partial charge on any atom is -0.399 e. The molecule has 0 saturated carbocycles. The minimum absolute atomic E-state index is 0. The third-order valence-electron chi connectivity index (χ3n) is 2.19. The number of halogens is 1. The van der Waals surface area contributed by atoms with Crippen LogP contribution in [0.15, 0.2) is 18.2 Å². The molecular weight excluding hydrogens is 230 g/mol. The molecule has 1 aromatic carbocycles. The third-order valence-corrected chi connectivity index (χ3v) is 2.19. The van der Waals surface area contributed by atoms with Crippen LogP contribution in [-0.4, -0.2) is 29.5 Å². The summed E-state index contributed by atoms with van der Waals surface area (Å²) in [5, 5.41) is 20.7. The van der Waals surface area contributed by atoms with Crippen LogP contribution in [0.4, 0.5) is 11.4 Å². The Balaban J connectivity index is 0.00000225. The summed E-state index contributed by atoms with van der Waals surface area (Å²) in [7, 11) is 0. The Morgan fingerprint density at radius 1 is 1.19 bits per heavy atom. The Morgan fingerprint density at radius 2 is 1.81 bits per heavy atom. The summed E-state index contributed by atoms with van der Waals surface area (Å²) in [4.78, 5) is 0. The van der Waals surface area contributed by atoms with Crippen molar-refractivity contribution < 1.29 is 10.2 Å². The van der Waals surface area contributed by atoms with Crippen molar-refractivity contribution in [2.24, 2.45) is 0 Å². The summed E-state index contributed by atoms with van der Waals surface area (Å²) in [6.45, 7) is 0.250. The molecule has 16 heavy (non-hydrogen) atoms. The molecule has 0 spiro atoms. The van der Waals surface area contributed by atoms with E-state index in [-0.39, 0.29) is 31.7 Å². The lowest BCUT2D eigenvalue weighted by molar-refractivity contribution is 0.170. The van der Waals surface area contributed by atoms with Crippen LogP contribution in [0.25, 0.3) is 0 Å². The topological polar surface area (TPSA) is 105 Å². The lowest BCUT2D eigenvalue weighted by atomic mass is 10.1. The van der Waals surface area contributed by atoms with Gasteiger partial charge in [-0.2, -0.15) is 0 Å². The van der Waals surface area contributed by atoms with Crippen molar-refractivity contribution in [2.45, 2.75) is 12.6 Å². The largest absolute Gasteiger partial charge is 0.399 e. The number of nitrogen functional groups attached to an aromatic ring is 2. The van der Waals surface area contributed by atoms with Crippen LogP contribution >= 0.6 is 12.4 Å². The molecule has 0 heterocycles. The summed E-state index contributed by atoms with van der Waals surface area (Å²) >= 11 is 0. The molecule has 0 amide bonds. The first kappa shape index (κ1) is 15.0. The summed E-state index contributed by atoms with van der Waals surface area (Å²) in [6.07, 6.45) is 0. The number of aliphatic hydroxyl groups is 2. The third kappa shape index (κ3) is 4.24. The van der Waals surface area contributed by atoms with E-state index in [1.54, 1.807) is 18.2 Å². The summed E-state index contributed by atoms with van der Waals surface area (Å²) in [5.41, 5.74) is 13.5. The van der Waals surface area contributed by atoms with E-state index in [2.05, 4.69) is 5.32 Å². The number of aliphatic hydroxyl groups excluding tert-OH is 2. The molecule has 0 radical (unpaired) electrons. The van der Waals surface area contributed by atoms with Crippen LogP contribution in [0.1, 0.15) is 5.56 Å². The van der Waals surface area contributed by atoms with Crippen LogP contribution in [0, 0.1) is 0 Å². The maximum absolute atomic E-state index is 8.85. The first-order chi connectivity index (χ1) is 7.17. The van der Waals surface area contributed by atoms with Crippen molar-refractivity contribution in [3.63, 3.8) is 0 Å². The Labute approximate surface area is 101 Å². The molecule has 7 N–H and O–H groups in total. The number of anilines is 2. The van der Waals surface area contributed by atoms with E-state index in [1.165, 1.54) is 0 Å². The monoisotopic (exact) mass is 247 g/mol. The van der Waals surface area contributed by atoms with E-state index in [9.17, 15) is 0 Å². The zero-order valence-electron chi connectivity index (χ0n) is 8.89. The van der Waals surface area contributed by atoms with Gasteiger partial charge < -0.3 is 27.0 Å². The summed E-state index contributed by atoms with van der Waals surface area (Å²) in [6, 6.07) is 4.91. The van der Waals surface area contributed by atoms with Gasteiger partial charge in [-0.3, -0.25) is 0 Å². The van der Waals surface area contributed by atoms with Crippen molar-refractivity contribution in [1.29, 1.82) is 0 Å². The number of hydrogen-bond donors (Lipinski definition) is 5. The van der Waals surface area contributed by atoms with Gasteiger partial charge in [0.15, 0.2) is 0 Å². The normalized spacial score (nSPS) is 10.2. The minimum atomic E-state index is -0.328. The SMILES string of the molecule is Cl.Nc1ccc(N)c(CNC(CO)CO)c1. The standard InChI is InChI=1S/C10H17N3O2.ClH/c11-8-1-2-10(12)7(3-8)4-13-9(5-14)6-15;/h1-3,9,13-15H,4-6,11-12H2;1H. The summed E-state index contributed by atoms with van der Waals surface area (Å²) < 4.78 is 0. The first-order valence-corrected chi connectivity index (χ1v) is 4.76. The molecule has 1 aromatic rings. The van der Waals surface area contributed by atoms with E-state index in [4.69, 9.17) is 21.7 Å². The van der Waals surface area contributed by atoms with Gasteiger partial charge in [-0.1, -0.05) is 0 Å². The van der Waals surface area contributed by atoms with Gasteiger partial charge in [-0.05, 0) is 23.8 Å². The first-order valence-electron chi connectivity index (χ1n) is 4.76. The second-order valence-electron chi connectivity index (χ2n) is 3.40. The highest BCUT2D eigenvalue weighted by Gasteiger charge is 2.06. The summed E-state index contributed by atoms with van der Waals surface area (Å²) in [5.74, 6) is 0. The molecule has 0 aromatic heterocycles. The van der Waals surface area contributed by atoms with Crippen molar-refractivity contribution in [1.82, 2.24) is 5.32 Å². The van der Waals surface area contributed by atoms with Crippen molar-refractivity contribution in [3.05, 3.63) is 23.8 Å². The lowest BCUT2D eigenvalue weighted by Gasteiger charge is -2.14. The molecule has 0 atom stereocenters. The Bertz CT molecular complexity index is 319. The van der Waals surface area contributed by atoms with Crippen LogP contribution in [-0.2, 0) is 6.54 Å². The Kier molecular flexibility index (Phi) is 6.83. The van der Waals surface area contributed by atoms with Crippen LogP contribution in [0.5, 0.6) is 0 Å². The molecule has 1 rings (SSSR count). The van der Waals surface area contributed by atoms with Gasteiger partial charge in [0.1, 0.15) is 0 Å². The Hall–Kier alpha value is -1.01. The molecule has 0 fully saturated rings. The average molecular weight is 248 g/mol. The molecular formula is C10H18ClN3O2. The molecule has 0 aliphatic rings. The number of benzene rings is 1. The Morgan fingerprint density at radius 3 is 2.38 bits per heavy atom. The fraction of sp³-hybridized carbons (Fsp3) is 0.400. The van der Waals surface area contributed by atoms with E-state index in [0.29, 0.717) is 17.9 Å². The number of hydrogen-bond acceptors (Lipinski definition) is 5. The van der Waals surface area contributed by atoms with Gasteiger partial charge in [-0.25, -0.2) is 0 Å². The van der Waals surface area contributed by atoms with Gasteiger partial charge in [-0.15, -0.1) is 12.4 Å². The van der Waals surface area contributed by atoms with Crippen LogP contribution in [0.3, 0.4) is 0 Å². The molecule has 0 bridgehead atoms.